The van der Waals surface area contributed by atoms with Crippen molar-refractivity contribution >= 4 is 5.69 Å². The minimum atomic E-state index is -4.32. The molecule has 1 heterocycles. The molecule has 1 aliphatic heterocycles. The minimum Gasteiger partial charge on any atom is -0.372 e. The van der Waals surface area contributed by atoms with E-state index in [1.165, 1.54) is 6.07 Å². The minimum absolute atomic E-state index is 0.0868. The average Bonchev–Trinajstić information content (AvgIpc) is 2.80. The van der Waals surface area contributed by atoms with Gasteiger partial charge in [0.1, 0.15) is 0 Å². The Morgan fingerprint density at radius 1 is 1.18 bits per heavy atom. The van der Waals surface area contributed by atoms with Crippen LogP contribution in [0.25, 0.3) is 0 Å². The first kappa shape index (κ1) is 12.2. The first-order valence-corrected chi connectivity index (χ1v) is 5.67. The molecular weight excluding hydrogens is 229 g/mol. The smallest absolute Gasteiger partial charge is 0.372 e. The quantitative estimate of drug-likeness (QED) is 0.866. The molecule has 0 spiro atoms. The largest absolute Gasteiger partial charge is 0.416 e. The third-order valence-electron chi connectivity index (χ3n) is 3.09. The highest BCUT2D eigenvalue weighted by Crippen LogP contribution is 2.34. The van der Waals surface area contributed by atoms with Gasteiger partial charge in [0.15, 0.2) is 0 Å². The molecular formula is C12H15F3N2. The predicted octanol–water partition coefficient (Wildman–Crippen LogP) is 2.76. The maximum absolute atomic E-state index is 12.7. The number of nitrogens with two attached hydrogens (primary N) is 1. The van der Waals surface area contributed by atoms with Crippen molar-refractivity contribution in [3.8, 4) is 0 Å². The first-order chi connectivity index (χ1) is 8.02. The van der Waals surface area contributed by atoms with Crippen molar-refractivity contribution < 1.29 is 13.2 Å². The van der Waals surface area contributed by atoms with Crippen LogP contribution in [0.3, 0.4) is 0 Å². The molecule has 2 N–H and O–H groups in total. The van der Waals surface area contributed by atoms with E-state index in [-0.39, 0.29) is 12.1 Å². The molecule has 0 aromatic heterocycles. The van der Waals surface area contributed by atoms with Crippen LogP contribution in [0.5, 0.6) is 0 Å². The van der Waals surface area contributed by atoms with Crippen molar-refractivity contribution in [2.24, 2.45) is 5.73 Å². The van der Waals surface area contributed by atoms with E-state index < -0.39 is 11.7 Å². The summed E-state index contributed by atoms with van der Waals surface area (Å²) in [5.74, 6) is 0. The summed E-state index contributed by atoms with van der Waals surface area (Å²) in [6.45, 7) is 1.74. The van der Waals surface area contributed by atoms with E-state index in [0.29, 0.717) is 0 Å². The standard InChI is InChI=1S/C12H15F3N2/c13-12(14,15)11-4-3-10(7-9(11)8-16)17-5-1-2-6-17/h3-4,7H,1-2,5-6,8,16H2. The van der Waals surface area contributed by atoms with Crippen molar-refractivity contribution in [3.05, 3.63) is 29.3 Å². The SMILES string of the molecule is NCc1cc(N2CCCC2)ccc1C(F)(F)F. The molecule has 5 heteroatoms. The van der Waals surface area contributed by atoms with Crippen LogP contribution in [0.4, 0.5) is 18.9 Å². The van der Waals surface area contributed by atoms with Crippen molar-refractivity contribution in [2.45, 2.75) is 25.6 Å². The maximum Gasteiger partial charge on any atom is 0.416 e. The van der Waals surface area contributed by atoms with E-state index >= 15 is 0 Å². The average molecular weight is 244 g/mol. The highest BCUT2D eigenvalue weighted by atomic mass is 19.4. The van der Waals surface area contributed by atoms with E-state index in [4.69, 9.17) is 5.73 Å². The van der Waals surface area contributed by atoms with Crippen LogP contribution in [0.15, 0.2) is 18.2 Å². The lowest BCUT2D eigenvalue weighted by atomic mass is 10.1. The van der Waals surface area contributed by atoms with Crippen LogP contribution < -0.4 is 10.6 Å². The summed E-state index contributed by atoms with van der Waals surface area (Å²) < 4.78 is 38.0. The Kier molecular flexibility index (Phi) is 3.28. The molecule has 0 amide bonds. The molecule has 1 aromatic carbocycles. The highest BCUT2D eigenvalue weighted by molar-refractivity contribution is 5.52. The monoisotopic (exact) mass is 244 g/mol. The van der Waals surface area contributed by atoms with E-state index in [1.807, 2.05) is 0 Å². The van der Waals surface area contributed by atoms with Crippen LogP contribution in [-0.2, 0) is 12.7 Å². The number of alkyl halides is 3. The summed E-state index contributed by atoms with van der Waals surface area (Å²) in [6.07, 6.45) is -2.13. The van der Waals surface area contributed by atoms with Gasteiger partial charge >= 0.3 is 6.18 Å². The lowest BCUT2D eigenvalue weighted by molar-refractivity contribution is -0.138. The molecule has 17 heavy (non-hydrogen) atoms. The first-order valence-electron chi connectivity index (χ1n) is 5.67. The molecule has 1 saturated heterocycles. The molecule has 1 fully saturated rings. The van der Waals surface area contributed by atoms with Crippen LogP contribution >= 0.6 is 0 Å². The summed E-state index contributed by atoms with van der Waals surface area (Å²) in [5, 5.41) is 0. The Hall–Kier alpha value is -1.23. The van der Waals surface area contributed by atoms with Gasteiger partial charge in [-0.2, -0.15) is 13.2 Å². The number of anilines is 1. The number of hydrogen-bond donors (Lipinski definition) is 1. The molecule has 1 aromatic rings. The highest BCUT2D eigenvalue weighted by Gasteiger charge is 2.33. The molecule has 1 aliphatic rings. The number of hydrogen-bond acceptors (Lipinski definition) is 2. The molecule has 2 rings (SSSR count). The second kappa shape index (κ2) is 4.56. The van der Waals surface area contributed by atoms with E-state index in [2.05, 4.69) is 4.90 Å². The topological polar surface area (TPSA) is 29.3 Å². The normalized spacial score (nSPS) is 16.6. The molecule has 0 atom stereocenters. The van der Waals surface area contributed by atoms with Gasteiger partial charge < -0.3 is 10.6 Å². The Morgan fingerprint density at radius 3 is 2.35 bits per heavy atom. The number of rotatable bonds is 2. The molecule has 0 radical (unpaired) electrons. The Bertz CT molecular complexity index is 395. The fourth-order valence-electron chi connectivity index (χ4n) is 2.20. The second-order valence-electron chi connectivity index (χ2n) is 4.24. The number of nitrogens with zero attached hydrogens (tertiary/aromatic N) is 1. The van der Waals surface area contributed by atoms with Gasteiger partial charge in [0.25, 0.3) is 0 Å². The summed E-state index contributed by atoms with van der Waals surface area (Å²) in [5.41, 5.74) is 5.79. The van der Waals surface area contributed by atoms with Crippen LogP contribution in [0.1, 0.15) is 24.0 Å². The molecule has 94 valence electrons. The predicted molar refractivity (Wildman–Crippen MR) is 60.8 cm³/mol. The Morgan fingerprint density at radius 2 is 1.82 bits per heavy atom. The van der Waals surface area contributed by atoms with E-state index in [0.717, 1.165) is 37.7 Å². The lowest BCUT2D eigenvalue weighted by Gasteiger charge is -2.20. The van der Waals surface area contributed by atoms with Crippen LogP contribution in [-0.4, -0.2) is 13.1 Å². The van der Waals surface area contributed by atoms with Gasteiger partial charge in [-0.25, -0.2) is 0 Å². The van der Waals surface area contributed by atoms with Crippen molar-refractivity contribution in [2.75, 3.05) is 18.0 Å². The van der Waals surface area contributed by atoms with Crippen molar-refractivity contribution in [1.82, 2.24) is 0 Å². The van der Waals surface area contributed by atoms with Crippen LogP contribution in [0.2, 0.25) is 0 Å². The zero-order valence-corrected chi connectivity index (χ0v) is 9.43. The fraction of sp³-hybridized carbons (Fsp3) is 0.500. The van der Waals surface area contributed by atoms with Gasteiger partial charge in [-0.15, -0.1) is 0 Å². The summed E-state index contributed by atoms with van der Waals surface area (Å²) in [6, 6.07) is 4.23. The number of halogens is 3. The van der Waals surface area contributed by atoms with Gasteiger partial charge in [0.05, 0.1) is 5.56 Å². The fourth-order valence-corrected chi connectivity index (χ4v) is 2.20. The summed E-state index contributed by atoms with van der Waals surface area (Å²) in [7, 11) is 0. The van der Waals surface area contributed by atoms with Crippen molar-refractivity contribution in [1.29, 1.82) is 0 Å². The van der Waals surface area contributed by atoms with Gasteiger partial charge in [-0.05, 0) is 36.6 Å². The van der Waals surface area contributed by atoms with Crippen LogP contribution in [0, 0.1) is 0 Å². The lowest BCUT2D eigenvalue weighted by Crippen LogP contribution is -2.19. The van der Waals surface area contributed by atoms with Gasteiger partial charge in [-0.3, -0.25) is 0 Å². The Balaban J connectivity index is 2.33. The molecule has 0 aliphatic carbocycles. The van der Waals surface area contributed by atoms with Crippen molar-refractivity contribution in [3.63, 3.8) is 0 Å². The third-order valence-corrected chi connectivity index (χ3v) is 3.09. The zero-order chi connectivity index (χ0) is 12.5. The third kappa shape index (κ3) is 2.54. The molecule has 0 unspecified atom stereocenters. The summed E-state index contributed by atoms with van der Waals surface area (Å²) >= 11 is 0. The zero-order valence-electron chi connectivity index (χ0n) is 9.43. The molecule has 0 bridgehead atoms. The maximum atomic E-state index is 12.7. The second-order valence-corrected chi connectivity index (χ2v) is 4.24. The van der Waals surface area contributed by atoms with E-state index in [1.54, 1.807) is 6.07 Å². The summed E-state index contributed by atoms with van der Waals surface area (Å²) in [4.78, 5) is 2.10. The number of benzene rings is 1. The molecule has 2 nitrogen and oxygen atoms in total. The van der Waals surface area contributed by atoms with E-state index in [9.17, 15) is 13.2 Å². The van der Waals surface area contributed by atoms with Gasteiger partial charge in [0.2, 0.25) is 0 Å². The van der Waals surface area contributed by atoms with Gasteiger partial charge in [-0.1, -0.05) is 0 Å². The molecule has 0 saturated carbocycles. The van der Waals surface area contributed by atoms with Gasteiger partial charge in [0, 0.05) is 25.3 Å². The Labute approximate surface area is 98.2 Å².